The zero-order valence-electron chi connectivity index (χ0n) is 19.6. The Balaban J connectivity index is 1.64. The number of nitrogens with zero attached hydrogens (tertiary/aromatic N) is 2. The van der Waals surface area contributed by atoms with Crippen molar-refractivity contribution >= 4 is 27.4 Å². The molecule has 184 valence electrons. The van der Waals surface area contributed by atoms with Crippen LogP contribution in [0.3, 0.4) is 0 Å². The van der Waals surface area contributed by atoms with Gasteiger partial charge in [-0.15, -0.1) is 0 Å². The molecular formula is C24H30FN3O5S. The summed E-state index contributed by atoms with van der Waals surface area (Å²) in [5.74, 6) is -1.04. The lowest BCUT2D eigenvalue weighted by Gasteiger charge is -2.34. The first-order valence-corrected chi connectivity index (χ1v) is 12.5. The Hall–Kier alpha value is -2.82. The number of anilines is 1. The van der Waals surface area contributed by atoms with E-state index in [1.165, 1.54) is 48.2 Å². The van der Waals surface area contributed by atoms with Crippen LogP contribution < -0.4 is 9.62 Å². The van der Waals surface area contributed by atoms with Gasteiger partial charge in [0, 0.05) is 45.0 Å². The fourth-order valence-electron chi connectivity index (χ4n) is 3.91. The van der Waals surface area contributed by atoms with Crippen molar-refractivity contribution in [3.63, 3.8) is 0 Å². The molecule has 0 aromatic heterocycles. The van der Waals surface area contributed by atoms with Crippen LogP contribution >= 0.6 is 0 Å². The first kappa shape index (κ1) is 25.8. The van der Waals surface area contributed by atoms with Crippen LogP contribution in [-0.2, 0) is 26.1 Å². The molecule has 1 aliphatic rings. The van der Waals surface area contributed by atoms with Crippen LogP contribution in [0.1, 0.15) is 35.7 Å². The van der Waals surface area contributed by atoms with E-state index in [0.29, 0.717) is 11.1 Å². The van der Waals surface area contributed by atoms with E-state index in [2.05, 4.69) is 9.62 Å². The van der Waals surface area contributed by atoms with Crippen molar-refractivity contribution in [2.45, 2.75) is 37.3 Å². The summed E-state index contributed by atoms with van der Waals surface area (Å²) in [5, 5.41) is 0. The van der Waals surface area contributed by atoms with E-state index < -0.39 is 28.3 Å². The zero-order valence-corrected chi connectivity index (χ0v) is 20.4. The third-order valence-corrected chi connectivity index (χ3v) is 7.39. The van der Waals surface area contributed by atoms with Gasteiger partial charge in [-0.1, -0.05) is 12.1 Å². The molecule has 10 heteroatoms. The van der Waals surface area contributed by atoms with E-state index in [4.69, 9.17) is 4.74 Å². The monoisotopic (exact) mass is 491 g/mol. The van der Waals surface area contributed by atoms with E-state index in [9.17, 15) is 22.4 Å². The van der Waals surface area contributed by atoms with Gasteiger partial charge in [-0.25, -0.2) is 17.5 Å². The van der Waals surface area contributed by atoms with Gasteiger partial charge in [0.2, 0.25) is 15.9 Å². The molecular weight excluding hydrogens is 461 g/mol. The number of ketones is 1. The van der Waals surface area contributed by atoms with E-state index >= 15 is 0 Å². The van der Waals surface area contributed by atoms with E-state index in [0.717, 1.165) is 31.6 Å². The van der Waals surface area contributed by atoms with Gasteiger partial charge >= 0.3 is 0 Å². The predicted molar refractivity (Wildman–Crippen MR) is 127 cm³/mol. The van der Waals surface area contributed by atoms with Gasteiger partial charge in [0.05, 0.1) is 17.5 Å². The summed E-state index contributed by atoms with van der Waals surface area (Å²) in [6.07, 6.45) is 1.92. The number of Topliss-reactive ketones (excluding diaryl/α,β-unsaturated/α-hetero) is 1. The van der Waals surface area contributed by atoms with Gasteiger partial charge in [-0.05, 0) is 55.7 Å². The Kier molecular flexibility index (Phi) is 8.40. The standard InChI is InChI=1S/C24H30FN3O5S/c1-17(29)18-4-7-22(8-5-18)34(31,32)26-15-24(30)27(2)16-19-14-20(25)6-9-23(19)28-12-10-21(33-3)11-13-28/h4-9,14,21,26H,10-13,15-16H2,1-3H3. The molecule has 1 amide bonds. The number of ether oxygens (including phenoxy) is 1. The number of hydrogen-bond acceptors (Lipinski definition) is 6. The molecule has 1 heterocycles. The quantitative estimate of drug-likeness (QED) is 0.542. The summed E-state index contributed by atoms with van der Waals surface area (Å²) in [4.78, 5) is 27.5. The van der Waals surface area contributed by atoms with Gasteiger partial charge in [0.25, 0.3) is 0 Å². The number of hydrogen-bond donors (Lipinski definition) is 1. The zero-order chi connectivity index (χ0) is 24.9. The van der Waals surface area contributed by atoms with Crippen LogP contribution in [0, 0.1) is 5.82 Å². The lowest BCUT2D eigenvalue weighted by molar-refractivity contribution is -0.129. The molecule has 0 spiro atoms. The number of carbonyl (C=O) groups excluding carboxylic acids is 2. The number of amides is 1. The first-order valence-electron chi connectivity index (χ1n) is 11.0. The summed E-state index contributed by atoms with van der Waals surface area (Å²) in [6.45, 7) is 2.60. The molecule has 1 saturated heterocycles. The molecule has 1 aliphatic heterocycles. The lowest BCUT2D eigenvalue weighted by atomic mass is 10.0. The summed E-state index contributed by atoms with van der Waals surface area (Å²) in [6, 6.07) is 10.00. The average molecular weight is 492 g/mol. The fraction of sp³-hybridized carbons (Fsp3) is 0.417. The summed E-state index contributed by atoms with van der Waals surface area (Å²) >= 11 is 0. The Morgan fingerprint density at radius 1 is 1.15 bits per heavy atom. The highest BCUT2D eigenvalue weighted by molar-refractivity contribution is 7.89. The van der Waals surface area contributed by atoms with E-state index in [-0.39, 0.29) is 23.3 Å². The SMILES string of the molecule is COC1CCN(c2ccc(F)cc2CN(C)C(=O)CNS(=O)(=O)c2ccc(C(C)=O)cc2)CC1. The largest absolute Gasteiger partial charge is 0.381 e. The number of sulfonamides is 1. The molecule has 3 rings (SSSR count). The van der Waals surface area contributed by atoms with E-state index in [1.807, 2.05) is 0 Å². The maximum absolute atomic E-state index is 14.0. The van der Waals surface area contributed by atoms with Crippen LogP contribution in [0.25, 0.3) is 0 Å². The summed E-state index contributed by atoms with van der Waals surface area (Å²) in [7, 11) is -0.693. The van der Waals surface area contributed by atoms with E-state index in [1.54, 1.807) is 20.2 Å². The maximum Gasteiger partial charge on any atom is 0.241 e. The molecule has 2 aromatic rings. The third-order valence-electron chi connectivity index (χ3n) is 5.98. The minimum Gasteiger partial charge on any atom is -0.381 e. The highest BCUT2D eigenvalue weighted by Crippen LogP contribution is 2.27. The van der Waals surface area contributed by atoms with Crippen molar-refractivity contribution in [3.05, 3.63) is 59.4 Å². The van der Waals surface area contributed by atoms with Gasteiger partial charge in [0.1, 0.15) is 5.82 Å². The van der Waals surface area contributed by atoms with Crippen LogP contribution in [-0.4, -0.2) is 64.9 Å². The number of methoxy groups -OCH3 is 1. The van der Waals surface area contributed by atoms with Crippen molar-refractivity contribution in [3.8, 4) is 0 Å². The van der Waals surface area contributed by atoms with Gasteiger partial charge in [-0.3, -0.25) is 9.59 Å². The number of carbonyl (C=O) groups is 2. The maximum atomic E-state index is 14.0. The lowest BCUT2D eigenvalue weighted by Crippen LogP contribution is -2.39. The van der Waals surface area contributed by atoms with Crippen LogP contribution in [0.5, 0.6) is 0 Å². The number of piperidine rings is 1. The van der Waals surface area contributed by atoms with Gasteiger partial charge in [0.15, 0.2) is 5.78 Å². The van der Waals surface area contributed by atoms with Gasteiger partial charge in [-0.2, -0.15) is 0 Å². The Morgan fingerprint density at radius 3 is 2.38 bits per heavy atom. The number of benzene rings is 2. The average Bonchev–Trinajstić information content (AvgIpc) is 2.83. The summed E-state index contributed by atoms with van der Waals surface area (Å²) < 4.78 is 46.7. The van der Waals surface area contributed by atoms with Crippen LogP contribution in [0.2, 0.25) is 0 Å². The van der Waals surface area contributed by atoms with Crippen LogP contribution in [0.4, 0.5) is 10.1 Å². The van der Waals surface area contributed by atoms with Crippen molar-refractivity contribution in [1.82, 2.24) is 9.62 Å². The molecule has 0 unspecified atom stereocenters. The molecule has 34 heavy (non-hydrogen) atoms. The number of nitrogens with one attached hydrogen (secondary N) is 1. The van der Waals surface area contributed by atoms with Crippen molar-refractivity contribution in [2.75, 3.05) is 38.7 Å². The number of rotatable bonds is 9. The Labute approximate surface area is 199 Å². The molecule has 0 saturated carbocycles. The normalized spacial score (nSPS) is 14.8. The highest BCUT2D eigenvalue weighted by Gasteiger charge is 2.23. The molecule has 0 bridgehead atoms. The molecule has 1 fully saturated rings. The predicted octanol–water partition coefficient (Wildman–Crippen LogP) is 2.58. The van der Waals surface area contributed by atoms with Crippen LogP contribution in [0.15, 0.2) is 47.4 Å². The summed E-state index contributed by atoms with van der Waals surface area (Å²) in [5.41, 5.74) is 1.89. The molecule has 1 N–H and O–H groups in total. The molecule has 0 radical (unpaired) electrons. The second-order valence-electron chi connectivity index (χ2n) is 8.35. The number of likely N-dealkylation sites (N-methyl/N-ethyl adjacent to an activating group) is 1. The topological polar surface area (TPSA) is 96.0 Å². The highest BCUT2D eigenvalue weighted by atomic mass is 32.2. The minimum absolute atomic E-state index is 0.0418. The molecule has 2 aromatic carbocycles. The fourth-order valence-corrected chi connectivity index (χ4v) is 4.88. The smallest absolute Gasteiger partial charge is 0.241 e. The molecule has 0 aliphatic carbocycles. The van der Waals surface area contributed by atoms with Gasteiger partial charge < -0.3 is 14.5 Å². The first-order chi connectivity index (χ1) is 16.1. The molecule has 0 atom stereocenters. The molecule has 8 nitrogen and oxygen atoms in total. The van der Waals surface area contributed by atoms with Crippen molar-refractivity contribution < 1.29 is 27.1 Å². The Morgan fingerprint density at radius 2 is 1.79 bits per heavy atom. The second-order valence-corrected chi connectivity index (χ2v) is 10.1. The third kappa shape index (κ3) is 6.40. The minimum atomic E-state index is -3.93. The Bertz CT molecular complexity index is 1130. The number of halogens is 1. The van der Waals surface area contributed by atoms with Crippen molar-refractivity contribution in [2.24, 2.45) is 0 Å². The van der Waals surface area contributed by atoms with Crippen molar-refractivity contribution in [1.29, 1.82) is 0 Å². The second kappa shape index (κ2) is 11.1.